The van der Waals surface area contributed by atoms with E-state index in [4.69, 9.17) is 0 Å². The molecule has 2 aliphatic heterocycles. The number of fused-ring (bicyclic) bond motifs is 2. The van der Waals surface area contributed by atoms with Gasteiger partial charge in [-0.1, -0.05) is 0 Å². The Morgan fingerprint density at radius 2 is 2.33 bits per heavy atom. The SMILES string of the molecule is c1nc(CN2CCC3CCC(C2)N3)cs1. The number of nitrogens with zero attached hydrogens (tertiary/aromatic N) is 2. The molecule has 0 saturated carbocycles. The molecule has 0 amide bonds. The van der Waals surface area contributed by atoms with Crippen molar-refractivity contribution >= 4 is 11.3 Å². The first-order valence-corrected chi connectivity index (χ1v) is 6.70. The molecule has 2 atom stereocenters. The van der Waals surface area contributed by atoms with Gasteiger partial charge >= 0.3 is 0 Å². The second-order valence-corrected chi connectivity index (χ2v) is 5.36. The summed E-state index contributed by atoms with van der Waals surface area (Å²) in [6.07, 6.45) is 4.05. The zero-order chi connectivity index (χ0) is 10.1. The summed E-state index contributed by atoms with van der Waals surface area (Å²) in [6, 6.07) is 1.52. The quantitative estimate of drug-likeness (QED) is 0.823. The van der Waals surface area contributed by atoms with Crippen LogP contribution in [0.2, 0.25) is 0 Å². The Hall–Kier alpha value is -0.450. The number of hydrogen-bond donors (Lipinski definition) is 1. The molecule has 1 aromatic rings. The monoisotopic (exact) mass is 223 g/mol. The molecule has 2 saturated heterocycles. The summed E-state index contributed by atoms with van der Waals surface area (Å²) in [5, 5.41) is 5.87. The maximum absolute atomic E-state index is 4.36. The summed E-state index contributed by atoms with van der Waals surface area (Å²) in [5.74, 6) is 0. The summed E-state index contributed by atoms with van der Waals surface area (Å²) >= 11 is 1.70. The highest BCUT2D eigenvalue weighted by atomic mass is 32.1. The van der Waals surface area contributed by atoms with E-state index >= 15 is 0 Å². The van der Waals surface area contributed by atoms with Crippen LogP contribution in [-0.2, 0) is 6.54 Å². The van der Waals surface area contributed by atoms with Gasteiger partial charge in [0.25, 0.3) is 0 Å². The Bertz CT molecular complexity index is 312. The van der Waals surface area contributed by atoms with Crippen LogP contribution in [0, 0.1) is 0 Å². The number of nitrogens with one attached hydrogen (secondary N) is 1. The Labute approximate surface area is 94.5 Å². The highest BCUT2D eigenvalue weighted by Gasteiger charge is 2.29. The third-order valence-electron chi connectivity index (χ3n) is 3.48. The van der Waals surface area contributed by atoms with Crippen LogP contribution in [0.15, 0.2) is 10.9 Å². The molecular formula is C11H17N3S. The molecule has 0 radical (unpaired) electrons. The first kappa shape index (κ1) is 9.75. The van der Waals surface area contributed by atoms with Crippen molar-refractivity contribution in [2.45, 2.75) is 37.9 Å². The van der Waals surface area contributed by atoms with Crippen molar-refractivity contribution in [1.29, 1.82) is 0 Å². The average molecular weight is 223 g/mol. The van der Waals surface area contributed by atoms with E-state index in [1.54, 1.807) is 11.3 Å². The van der Waals surface area contributed by atoms with Crippen molar-refractivity contribution in [3.63, 3.8) is 0 Å². The lowest BCUT2D eigenvalue weighted by molar-refractivity contribution is 0.248. The van der Waals surface area contributed by atoms with Gasteiger partial charge in [-0.05, 0) is 19.3 Å². The minimum atomic E-state index is 0.733. The van der Waals surface area contributed by atoms with Crippen molar-refractivity contribution in [3.8, 4) is 0 Å². The van der Waals surface area contributed by atoms with E-state index in [9.17, 15) is 0 Å². The average Bonchev–Trinajstić information content (AvgIpc) is 2.80. The fourth-order valence-corrected chi connectivity index (χ4v) is 3.25. The lowest BCUT2D eigenvalue weighted by atomic mass is 10.1. The van der Waals surface area contributed by atoms with E-state index in [0.29, 0.717) is 0 Å². The smallest absolute Gasteiger partial charge is 0.0795 e. The van der Waals surface area contributed by atoms with Gasteiger partial charge in [-0.15, -0.1) is 11.3 Å². The molecule has 15 heavy (non-hydrogen) atoms. The van der Waals surface area contributed by atoms with Crippen molar-refractivity contribution in [1.82, 2.24) is 15.2 Å². The van der Waals surface area contributed by atoms with E-state index in [1.807, 2.05) is 5.51 Å². The highest BCUT2D eigenvalue weighted by Crippen LogP contribution is 2.21. The number of thiazole rings is 1. The number of aromatic nitrogens is 1. The van der Waals surface area contributed by atoms with Crippen LogP contribution in [0.1, 0.15) is 25.0 Å². The number of hydrogen-bond acceptors (Lipinski definition) is 4. The zero-order valence-corrected chi connectivity index (χ0v) is 9.67. The molecule has 2 unspecified atom stereocenters. The molecule has 2 aliphatic rings. The maximum atomic E-state index is 4.36. The molecule has 3 rings (SSSR count). The van der Waals surface area contributed by atoms with E-state index in [1.165, 1.54) is 38.0 Å². The molecule has 0 spiro atoms. The fraction of sp³-hybridized carbons (Fsp3) is 0.727. The largest absolute Gasteiger partial charge is 0.310 e. The molecule has 3 nitrogen and oxygen atoms in total. The van der Waals surface area contributed by atoms with Gasteiger partial charge < -0.3 is 5.32 Å². The lowest BCUT2D eigenvalue weighted by Gasteiger charge is -2.22. The van der Waals surface area contributed by atoms with Crippen molar-refractivity contribution < 1.29 is 0 Å². The van der Waals surface area contributed by atoms with Crippen molar-refractivity contribution in [2.75, 3.05) is 13.1 Å². The molecule has 3 heterocycles. The molecule has 82 valence electrons. The maximum Gasteiger partial charge on any atom is 0.0795 e. The van der Waals surface area contributed by atoms with Crippen LogP contribution in [0.5, 0.6) is 0 Å². The predicted molar refractivity (Wildman–Crippen MR) is 62.0 cm³/mol. The molecule has 0 aromatic carbocycles. The van der Waals surface area contributed by atoms with Crippen LogP contribution >= 0.6 is 11.3 Å². The molecule has 2 fully saturated rings. The minimum absolute atomic E-state index is 0.733. The highest BCUT2D eigenvalue weighted by molar-refractivity contribution is 7.07. The van der Waals surface area contributed by atoms with Gasteiger partial charge in [0.2, 0.25) is 0 Å². The normalized spacial score (nSPS) is 31.7. The first-order chi connectivity index (χ1) is 7.40. The standard InChI is InChI=1S/C11H17N3S/c1-2-10-5-14(4-3-9(1)13-10)6-11-7-15-8-12-11/h7-10,13H,1-6H2. The van der Waals surface area contributed by atoms with E-state index in [2.05, 4.69) is 20.6 Å². The van der Waals surface area contributed by atoms with Gasteiger partial charge in [0.1, 0.15) is 0 Å². The van der Waals surface area contributed by atoms with Gasteiger partial charge in [0.05, 0.1) is 11.2 Å². The molecule has 1 aromatic heterocycles. The zero-order valence-electron chi connectivity index (χ0n) is 8.85. The van der Waals surface area contributed by atoms with Gasteiger partial charge in [-0.3, -0.25) is 4.90 Å². The topological polar surface area (TPSA) is 28.2 Å². The second-order valence-electron chi connectivity index (χ2n) is 4.64. The van der Waals surface area contributed by atoms with Crippen LogP contribution in [0.3, 0.4) is 0 Å². The summed E-state index contributed by atoms with van der Waals surface area (Å²) in [7, 11) is 0. The Morgan fingerprint density at radius 3 is 3.20 bits per heavy atom. The minimum Gasteiger partial charge on any atom is -0.310 e. The summed E-state index contributed by atoms with van der Waals surface area (Å²) in [4.78, 5) is 6.91. The molecule has 4 heteroatoms. The van der Waals surface area contributed by atoms with Crippen LogP contribution < -0.4 is 5.32 Å². The van der Waals surface area contributed by atoms with Crippen molar-refractivity contribution in [2.24, 2.45) is 0 Å². The Balaban J connectivity index is 1.62. The van der Waals surface area contributed by atoms with Gasteiger partial charge in [0, 0.05) is 37.1 Å². The lowest BCUT2D eigenvalue weighted by Crippen LogP contribution is -2.35. The van der Waals surface area contributed by atoms with E-state index in [0.717, 1.165) is 18.6 Å². The molecule has 2 bridgehead atoms. The van der Waals surface area contributed by atoms with Gasteiger partial charge in [0.15, 0.2) is 0 Å². The number of likely N-dealkylation sites (tertiary alicyclic amines) is 1. The van der Waals surface area contributed by atoms with E-state index < -0.39 is 0 Å². The summed E-state index contributed by atoms with van der Waals surface area (Å²) < 4.78 is 0. The Morgan fingerprint density at radius 1 is 1.40 bits per heavy atom. The third kappa shape index (κ3) is 2.22. The predicted octanol–water partition coefficient (Wildman–Crippen LogP) is 1.47. The summed E-state index contributed by atoms with van der Waals surface area (Å²) in [5.41, 5.74) is 3.16. The number of rotatable bonds is 2. The Kier molecular flexibility index (Phi) is 2.73. The second kappa shape index (κ2) is 4.20. The molecular weight excluding hydrogens is 206 g/mol. The van der Waals surface area contributed by atoms with Crippen LogP contribution in [0.4, 0.5) is 0 Å². The molecule has 1 N–H and O–H groups in total. The third-order valence-corrected chi connectivity index (χ3v) is 4.11. The van der Waals surface area contributed by atoms with Gasteiger partial charge in [-0.25, -0.2) is 4.98 Å². The fourth-order valence-electron chi connectivity index (χ4n) is 2.70. The van der Waals surface area contributed by atoms with Gasteiger partial charge in [-0.2, -0.15) is 0 Å². The van der Waals surface area contributed by atoms with Crippen LogP contribution in [0.25, 0.3) is 0 Å². The van der Waals surface area contributed by atoms with Crippen LogP contribution in [-0.4, -0.2) is 35.1 Å². The molecule has 0 aliphatic carbocycles. The first-order valence-electron chi connectivity index (χ1n) is 5.75. The van der Waals surface area contributed by atoms with E-state index in [-0.39, 0.29) is 0 Å². The van der Waals surface area contributed by atoms with Crippen molar-refractivity contribution in [3.05, 3.63) is 16.6 Å². The summed E-state index contributed by atoms with van der Waals surface area (Å²) in [6.45, 7) is 3.47.